The van der Waals surface area contributed by atoms with E-state index in [2.05, 4.69) is 31.0 Å². The molecular formula is C12H26N2O2. The molecule has 4 nitrogen and oxygen atoms in total. The molecule has 1 atom stereocenters. The normalized spacial score (nSPS) is 23.2. The number of morpholine rings is 1. The van der Waals surface area contributed by atoms with Gasteiger partial charge in [0.2, 0.25) is 0 Å². The highest BCUT2D eigenvalue weighted by molar-refractivity contribution is 4.90. The third-order valence-electron chi connectivity index (χ3n) is 3.14. The van der Waals surface area contributed by atoms with Crippen molar-refractivity contribution in [3.8, 4) is 0 Å². The zero-order chi connectivity index (χ0) is 12.0. The van der Waals surface area contributed by atoms with E-state index in [0.29, 0.717) is 6.04 Å². The fourth-order valence-electron chi connectivity index (χ4n) is 2.31. The fourth-order valence-corrected chi connectivity index (χ4v) is 2.31. The minimum absolute atomic E-state index is 0.108. The molecule has 0 aliphatic carbocycles. The van der Waals surface area contributed by atoms with Gasteiger partial charge in [-0.1, -0.05) is 6.92 Å². The Morgan fingerprint density at radius 2 is 2.25 bits per heavy atom. The first-order valence-corrected chi connectivity index (χ1v) is 6.16. The van der Waals surface area contributed by atoms with Crippen LogP contribution < -0.4 is 5.32 Å². The van der Waals surface area contributed by atoms with Crippen LogP contribution in [-0.4, -0.2) is 63.0 Å². The summed E-state index contributed by atoms with van der Waals surface area (Å²) in [7, 11) is 1.77. The summed E-state index contributed by atoms with van der Waals surface area (Å²) in [6.07, 6.45) is 0. The maximum absolute atomic E-state index is 5.54. The lowest BCUT2D eigenvalue weighted by atomic mass is 9.99. The van der Waals surface area contributed by atoms with Gasteiger partial charge in [-0.05, 0) is 20.4 Å². The van der Waals surface area contributed by atoms with E-state index in [-0.39, 0.29) is 5.54 Å². The van der Waals surface area contributed by atoms with E-state index in [0.717, 1.165) is 39.5 Å². The van der Waals surface area contributed by atoms with Crippen LogP contribution in [-0.2, 0) is 9.47 Å². The van der Waals surface area contributed by atoms with E-state index in [9.17, 15) is 0 Å². The Morgan fingerprint density at radius 3 is 2.81 bits per heavy atom. The third kappa shape index (κ3) is 3.70. The third-order valence-corrected chi connectivity index (χ3v) is 3.14. The molecule has 1 fully saturated rings. The number of likely N-dealkylation sites (N-methyl/N-ethyl adjacent to an activating group) is 1. The summed E-state index contributed by atoms with van der Waals surface area (Å²) >= 11 is 0. The molecule has 96 valence electrons. The van der Waals surface area contributed by atoms with Gasteiger partial charge in [0.15, 0.2) is 0 Å². The molecule has 1 aliphatic rings. The van der Waals surface area contributed by atoms with Gasteiger partial charge in [-0.2, -0.15) is 0 Å². The van der Waals surface area contributed by atoms with Crippen LogP contribution in [0.5, 0.6) is 0 Å². The zero-order valence-corrected chi connectivity index (χ0v) is 11.1. The van der Waals surface area contributed by atoms with E-state index < -0.39 is 0 Å². The predicted molar refractivity (Wildman–Crippen MR) is 65.8 cm³/mol. The Hall–Kier alpha value is -0.160. The van der Waals surface area contributed by atoms with Gasteiger partial charge < -0.3 is 14.8 Å². The van der Waals surface area contributed by atoms with Crippen molar-refractivity contribution in [3.63, 3.8) is 0 Å². The van der Waals surface area contributed by atoms with Gasteiger partial charge in [-0.3, -0.25) is 4.90 Å². The molecule has 1 aliphatic heterocycles. The van der Waals surface area contributed by atoms with E-state index in [1.165, 1.54) is 0 Å². The number of ether oxygens (including phenoxy) is 2. The van der Waals surface area contributed by atoms with Crippen LogP contribution in [0, 0.1) is 0 Å². The van der Waals surface area contributed by atoms with Crippen molar-refractivity contribution in [2.45, 2.75) is 32.4 Å². The Bertz CT molecular complexity index is 197. The highest BCUT2D eigenvalue weighted by Crippen LogP contribution is 2.21. The molecule has 4 heteroatoms. The van der Waals surface area contributed by atoms with E-state index in [1.807, 2.05) is 0 Å². The van der Waals surface area contributed by atoms with Gasteiger partial charge >= 0.3 is 0 Å². The summed E-state index contributed by atoms with van der Waals surface area (Å²) in [5, 5.41) is 3.41. The maximum atomic E-state index is 5.54. The van der Waals surface area contributed by atoms with Crippen LogP contribution in [0.15, 0.2) is 0 Å². The molecule has 1 unspecified atom stereocenters. The van der Waals surface area contributed by atoms with Crippen LogP contribution in [0.3, 0.4) is 0 Å². The maximum Gasteiger partial charge on any atom is 0.0645 e. The smallest absolute Gasteiger partial charge is 0.0645 e. The lowest BCUT2D eigenvalue weighted by Gasteiger charge is -2.46. The highest BCUT2D eigenvalue weighted by Gasteiger charge is 2.35. The van der Waals surface area contributed by atoms with Crippen molar-refractivity contribution in [2.75, 3.05) is 46.6 Å². The molecule has 1 rings (SSSR count). The van der Waals surface area contributed by atoms with Crippen molar-refractivity contribution in [1.82, 2.24) is 10.2 Å². The van der Waals surface area contributed by atoms with E-state index >= 15 is 0 Å². The van der Waals surface area contributed by atoms with Crippen molar-refractivity contribution >= 4 is 0 Å². The van der Waals surface area contributed by atoms with E-state index in [1.54, 1.807) is 7.11 Å². The molecule has 0 amide bonds. The number of methoxy groups -OCH3 is 1. The topological polar surface area (TPSA) is 33.7 Å². The second kappa shape index (κ2) is 6.55. The van der Waals surface area contributed by atoms with Crippen LogP contribution in [0.4, 0.5) is 0 Å². The van der Waals surface area contributed by atoms with Gasteiger partial charge in [0.1, 0.15) is 0 Å². The average Bonchev–Trinajstić information content (AvgIpc) is 2.24. The largest absolute Gasteiger partial charge is 0.383 e. The van der Waals surface area contributed by atoms with Crippen molar-refractivity contribution in [2.24, 2.45) is 0 Å². The van der Waals surface area contributed by atoms with Gasteiger partial charge in [-0.15, -0.1) is 0 Å². The minimum atomic E-state index is 0.108. The number of hydrogen-bond donors (Lipinski definition) is 1. The first-order chi connectivity index (χ1) is 7.61. The standard InChI is InChI=1S/C12H26N2O2/c1-5-13-8-11(9-15-4)14-6-7-16-10-12(14,2)3/h11,13H,5-10H2,1-4H3. The fraction of sp³-hybridized carbons (Fsp3) is 1.00. The number of rotatable bonds is 6. The molecule has 0 spiro atoms. The molecule has 0 bridgehead atoms. The molecule has 0 saturated carbocycles. The molecular weight excluding hydrogens is 204 g/mol. The molecule has 1 heterocycles. The Balaban J connectivity index is 2.59. The van der Waals surface area contributed by atoms with Gasteiger partial charge in [0.05, 0.1) is 19.8 Å². The van der Waals surface area contributed by atoms with Crippen molar-refractivity contribution in [1.29, 1.82) is 0 Å². The quantitative estimate of drug-likeness (QED) is 0.729. The zero-order valence-electron chi connectivity index (χ0n) is 11.1. The lowest BCUT2D eigenvalue weighted by Crippen LogP contribution is -2.60. The Labute approximate surface area is 99.3 Å². The summed E-state index contributed by atoms with van der Waals surface area (Å²) in [6.45, 7) is 12.0. The number of nitrogens with one attached hydrogen (secondary N) is 1. The Kier molecular flexibility index (Phi) is 5.69. The van der Waals surface area contributed by atoms with Gasteiger partial charge in [0.25, 0.3) is 0 Å². The second-order valence-electron chi connectivity index (χ2n) is 4.98. The summed E-state index contributed by atoms with van der Waals surface area (Å²) in [6, 6.07) is 0.434. The van der Waals surface area contributed by atoms with E-state index in [4.69, 9.17) is 9.47 Å². The number of hydrogen-bond acceptors (Lipinski definition) is 4. The van der Waals surface area contributed by atoms with Crippen LogP contribution >= 0.6 is 0 Å². The van der Waals surface area contributed by atoms with Crippen molar-refractivity contribution < 1.29 is 9.47 Å². The summed E-state index contributed by atoms with van der Waals surface area (Å²) in [5.41, 5.74) is 0.108. The van der Waals surface area contributed by atoms with Gasteiger partial charge in [0, 0.05) is 31.8 Å². The predicted octanol–water partition coefficient (Wildman–Crippen LogP) is 0.722. The SMILES string of the molecule is CCNCC(COC)N1CCOCC1(C)C. The molecule has 1 saturated heterocycles. The van der Waals surface area contributed by atoms with Crippen LogP contribution in [0.1, 0.15) is 20.8 Å². The average molecular weight is 230 g/mol. The molecule has 16 heavy (non-hydrogen) atoms. The van der Waals surface area contributed by atoms with Crippen LogP contribution in [0.2, 0.25) is 0 Å². The Morgan fingerprint density at radius 1 is 1.50 bits per heavy atom. The molecule has 0 aromatic rings. The molecule has 1 N–H and O–H groups in total. The number of nitrogens with zero attached hydrogens (tertiary/aromatic N) is 1. The van der Waals surface area contributed by atoms with Gasteiger partial charge in [-0.25, -0.2) is 0 Å². The first kappa shape index (κ1) is 13.9. The lowest BCUT2D eigenvalue weighted by molar-refractivity contribution is -0.0830. The summed E-state index contributed by atoms with van der Waals surface area (Å²) in [4.78, 5) is 2.50. The summed E-state index contributed by atoms with van der Waals surface area (Å²) < 4.78 is 10.9. The molecule has 0 aromatic carbocycles. The first-order valence-electron chi connectivity index (χ1n) is 6.16. The molecule has 0 radical (unpaired) electrons. The summed E-state index contributed by atoms with van der Waals surface area (Å²) in [5.74, 6) is 0. The molecule has 0 aromatic heterocycles. The monoisotopic (exact) mass is 230 g/mol. The van der Waals surface area contributed by atoms with Crippen molar-refractivity contribution in [3.05, 3.63) is 0 Å². The minimum Gasteiger partial charge on any atom is -0.383 e. The second-order valence-corrected chi connectivity index (χ2v) is 4.98. The highest BCUT2D eigenvalue weighted by atomic mass is 16.5. The van der Waals surface area contributed by atoms with Crippen LogP contribution in [0.25, 0.3) is 0 Å².